The highest BCUT2D eigenvalue weighted by Gasteiger charge is 2.34. The summed E-state index contributed by atoms with van der Waals surface area (Å²) in [6.45, 7) is 1.08. The normalized spacial score (nSPS) is 12.1. The number of carbonyl (C=O) groups excluding carboxylic acids is 2. The third-order valence-corrected chi connectivity index (χ3v) is 8.82. The monoisotopic (exact) mass is 615 g/mol. The number of likely N-dealkylation sites (N-methyl/N-ethyl adjacent to an activating group) is 1. The molecule has 0 spiro atoms. The Morgan fingerprint density at radius 3 is 2.16 bits per heavy atom. The van der Waals surface area contributed by atoms with E-state index in [0.29, 0.717) is 10.6 Å². The van der Waals surface area contributed by atoms with Crippen molar-refractivity contribution in [3.05, 3.63) is 92.4 Å². The average molecular weight is 617 g/mol. The molecule has 0 aliphatic rings. The van der Waals surface area contributed by atoms with Gasteiger partial charge in [0.2, 0.25) is 11.8 Å². The Kier molecular flexibility index (Phi) is 10.3. The van der Waals surface area contributed by atoms with Crippen molar-refractivity contribution < 1.29 is 18.0 Å². The minimum atomic E-state index is -4.26. The fourth-order valence-electron chi connectivity index (χ4n) is 3.83. The van der Waals surface area contributed by atoms with Gasteiger partial charge in [0.25, 0.3) is 10.0 Å². The zero-order valence-corrected chi connectivity index (χ0v) is 24.3. The van der Waals surface area contributed by atoms with Crippen LogP contribution in [0.4, 0.5) is 5.69 Å². The highest BCUT2D eigenvalue weighted by molar-refractivity contribution is 7.92. The fourth-order valence-corrected chi connectivity index (χ4v) is 6.03. The van der Waals surface area contributed by atoms with Crippen LogP contribution in [0.1, 0.15) is 18.9 Å². The minimum Gasteiger partial charge on any atom is -0.357 e. The SMILES string of the molecule is CC[C@H](C(=O)NC)N(Cc1ccc(Cl)c(Cl)c1)C(=O)CN(c1cc(Cl)ccc1Cl)S(=O)(=O)c1ccccc1. The van der Waals surface area contributed by atoms with Gasteiger partial charge in [-0.2, -0.15) is 0 Å². The van der Waals surface area contributed by atoms with Crippen molar-refractivity contribution in [1.82, 2.24) is 10.2 Å². The molecule has 0 aliphatic carbocycles. The van der Waals surface area contributed by atoms with Gasteiger partial charge in [0.1, 0.15) is 12.6 Å². The van der Waals surface area contributed by atoms with Gasteiger partial charge >= 0.3 is 0 Å². The summed E-state index contributed by atoms with van der Waals surface area (Å²) in [4.78, 5) is 27.9. The van der Waals surface area contributed by atoms with Crippen molar-refractivity contribution >= 4 is 73.9 Å². The number of benzene rings is 3. The van der Waals surface area contributed by atoms with Gasteiger partial charge in [-0.3, -0.25) is 13.9 Å². The predicted molar refractivity (Wildman–Crippen MR) is 153 cm³/mol. The van der Waals surface area contributed by atoms with E-state index < -0.39 is 34.4 Å². The zero-order chi connectivity index (χ0) is 28.0. The molecule has 0 heterocycles. The molecular weight excluding hydrogens is 592 g/mol. The largest absolute Gasteiger partial charge is 0.357 e. The Balaban J connectivity index is 2.10. The van der Waals surface area contributed by atoms with Crippen molar-refractivity contribution in [2.24, 2.45) is 0 Å². The van der Waals surface area contributed by atoms with E-state index in [1.54, 1.807) is 43.3 Å². The van der Waals surface area contributed by atoms with E-state index in [1.165, 1.54) is 42.3 Å². The van der Waals surface area contributed by atoms with Crippen LogP contribution < -0.4 is 9.62 Å². The number of halogens is 4. The molecule has 0 unspecified atom stereocenters. The summed E-state index contributed by atoms with van der Waals surface area (Å²) in [6, 6.07) is 15.9. The lowest BCUT2D eigenvalue weighted by molar-refractivity contribution is -0.140. The Hall–Kier alpha value is -2.49. The summed E-state index contributed by atoms with van der Waals surface area (Å²) in [5.41, 5.74) is 0.632. The second kappa shape index (κ2) is 13.0. The van der Waals surface area contributed by atoms with Gasteiger partial charge in [-0.25, -0.2) is 8.42 Å². The van der Waals surface area contributed by atoms with E-state index in [-0.39, 0.29) is 38.6 Å². The Bertz CT molecular complexity index is 1420. The molecule has 0 fully saturated rings. The number of carbonyl (C=O) groups is 2. The Morgan fingerprint density at radius 1 is 0.895 bits per heavy atom. The number of amides is 2. The molecule has 0 saturated carbocycles. The topological polar surface area (TPSA) is 86.8 Å². The number of hydrogen-bond donors (Lipinski definition) is 1. The van der Waals surface area contributed by atoms with E-state index in [1.807, 2.05) is 0 Å². The molecule has 3 aromatic carbocycles. The van der Waals surface area contributed by atoms with Gasteiger partial charge in [-0.15, -0.1) is 0 Å². The molecule has 7 nitrogen and oxygen atoms in total. The van der Waals surface area contributed by atoms with Gasteiger partial charge < -0.3 is 10.2 Å². The molecule has 2 amide bonds. The molecule has 0 aliphatic heterocycles. The summed E-state index contributed by atoms with van der Waals surface area (Å²) >= 11 is 24.8. The molecule has 3 aromatic rings. The third kappa shape index (κ3) is 6.93. The van der Waals surface area contributed by atoms with E-state index in [4.69, 9.17) is 46.4 Å². The predicted octanol–water partition coefficient (Wildman–Crippen LogP) is 6.05. The molecule has 0 radical (unpaired) electrons. The minimum absolute atomic E-state index is 0.0237. The Morgan fingerprint density at radius 2 is 1.55 bits per heavy atom. The standard InChI is InChI=1S/C26H25Cl4N3O4S/c1-3-23(26(35)31-2)32(15-17-9-11-20(28)22(30)13-17)25(34)16-33(24-14-18(27)10-12-21(24)29)38(36,37)19-7-5-4-6-8-19/h4-14,23H,3,15-16H2,1-2H3,(H,31,35)/t23-/m1/s1. The van der Waals surface area contributed by atoms with Crippen molar-refractivity contribution in [3.8, 4) is 0 Å². The maximum absolute atomic E-state index is 13.9. The quantitative estimate of drug-likeness (QED) is 0.300. The van der Waals surface area contributed by atoms with Crippen LogP contribution in [0.15, 0.2) is 71.6 Å². The van der Waals surface area contributed by atoms with E-state index >= 15 is 0 Å². The van der Waals surface area contributed by atoms with Crippen LogP contribution in [-0.4, -0.2) is 44.8 Å². The second-order valence-corrected chi connectivity index (χ2v) is 11.7. The first-order chi connectivity index (χ1) is 18.0. The van der Waals surface area contributed by atoms with Crippen LogP contribution in [0.25, 0.3) is 0 Å². The van der Waals surface area contributed by atoms with Crippen molar-refractivity contribution in [1.29, 1.82) is 0 Å². The lowest BCUT2D eigenvalue weighted by Gasteiger charge is -2.33. The van der Waals surface area contributed by atoms with Crippen LogP contribution in [0.5, 0.6) is 0 Å². The lowest BCUT2D eigenvalue weighted by atomic mass is 10.1. The highest BCUT2D eigenvalue weighted by atomic mass is 35.5. The molecule has 0 aromatic heterocycles. The molecule has 0 saturated heterocycles. The summed E-state index contributed by atoms with van der Waals surface area (Å²) in [6.07, 6.45) is 0.274. The van der Waals surface area contributed by atoms with Gasteiger partial charge in [0.05, 0.1) is 25.7 Å². The summed E-state index contributed by atoms with van der Waals surface area (Å²) in [7, 11) is -2.80. The molecule has 3 rings (SSSR count). The maximum Gasteiger partial charge on any atom is 0.264 e. The van der Waals surface area contributed by atoms with Crippen LogP contribution in [-0.2, 0) is 26.2 Å². The summed E-state index contributed by atoms with van der Waals surface area (Å²) in [5, 5.41) is 3.49. The third-order valence-electron chi connectivity index (χ3n) is 5.76. The smallest absolute Gasteiger partial charge is 0.264 e. The molecule has 202 valence electrons. The van der Waals surface area contributed by atoms with Crippen molar-refractivity contribution in [2.75, 3.05) is 17.9 Å². The number of anilines is 1. The van der Waals surface area contributed by atoms with Crippen molar-refractivity contribution in [2.45, 2.75) is 30.8 Å². The van der Waals surface area contributed by atoms with Crippen LogP contribution in [0, 0.1) is 0 Å². The van der Waals surface area contributed by atoms with E-state index in [9.17, 15) is 18.0 Å². The van der Waals surface area contributed by atoms with Crippen LogP contribution in [0.3, 0.4) is 0 Å². The average Bonchev–Trinajstić information content (AvgIpc) is 2.90. The van der Waals surface area contributed by atoms with E-state index in [0.717, 1.165) is 4.31 Å². The number of sulfonamides is 1. The van der Waals surface area contributed by atoms with Gasteiger partial charge in [-0.05, 0) is 54.4 Å². The van der Waals surface area contributed by atoms with Gasteiger partial charge in [0.15, 0.2) is 0 Å². The molecule has 12 heteroatoms. The van der Waals surface area contributed by atoms with Gasteiger partial charge in [-0.1, -0.05) is 77.6 Å². The summed E-state index contributed by atoms with van der Waals surface area (Å²) in [5.74, 6) is -1.04. The molecule has 1 N–H and O–H groups in total. The number of nitrogens with zero attached hydrogens (tertiary/aromatic N) is 2. The zero-order valence-electron chi connectivity index (χ0n) is 20.5. The second-order valence-electron chi connectivity index (χ2n) is 8.23. The number of nitrogens with one attached hydrogen (secondary N) is 1. The maximum atomic E-state index is 13.9. The number of rotatable bonds is 10. The highest BCUT2D eigenvalue weighted by Crippen LogP contribution is 2.33. The van der Waals surface area contributed by atoms with Crippen LogP contribution in [0.2, 0.25) is 20.1 Å². The first-order valence-electron chi connectivity index (χ1n) is 11.5. The Labute approximate surface area is 242 Å². The number of hydrogen-bond acceptors (Lipinski definition) is 4. The first-order valence-corrected chi connectivity index (χ1v) is 14.4. The molecular formula is C26H25Cl4N3O4S. The van der Waals surface area contributed by atoms with Gasteiger partial charge in [0, 0.05) is 18.6 Å². The fraction of sp³-hybridized carbons (Fsp3) is 0.231. The lowest BCUT2D eigenvalue weighted by Crippen LogP contribution is -2.51. The van der Waals surface area contributed by atoms with E-state index in [2.05, 4.69) is 5.32 Å². The molecule has 1 atom stereocenters. The first kappa shape index (κ1) is 30.1. The molecule has 0 bridgehead atoms. The van der Waals surface area contributed by atoms with Crippen molar-refractivity contribution in [3.63, 3.8) is 0 Å². The van der Waals surface area contributed by atoms with Crippen LogP contribution >= 0.6 is 46.4 Å². The summed E-state index contributed by atoms with van der Waals surface area (Å²) < 4.78 is 28.4. The molecule has 38 heavy (non-hydrogen) atoms.